The highest BCUT2D eigenvalue weighted by molar-refractivity contribution is 4.77. The Hall–Kier alpha value is -0.0800. The first-order chi connectivity index (χ1) is 5.75. The maximum Gasteiger partial charge on any atom is 0.0112 e. The Balaban J connectivity index is 2.46. The van der Waals surface area contributed by atoms with Crippen LogP contribution in [0.2, 0.25) is 0 Å². The zero-order chi connectivity index (χ0) is 8.97. The fourth-order valence-corrected chi connectivity index (χ4v) is 1.92. The summed E-state index contributed by atoms with van der Waals surface area (Å²) in [5.41, 5.74) is 0. The predicted molar refractivity (Wildman–Crippen MR) is 53.4 cm³/mol. The third-order valence-corrected chi connectivity index (χ3v) is 3.01. The van der Waals surface area contributed by atoms with Crippen molar-refractivity contribution in [1.29, 1.82) is 0 Å². The number of hydrogen-bond acceptors (Lipinski definition) is 2. The molecular weight excluding hydrogens is 148 g/mol. The van der Waals surface area contributed by atoms with E-state index in [1.54, 1.807) is 0 Å². The van der Waals surface area contributed by atoms with E-state index >= 15 is 0 Å². The highest BCUT2D eigenvalue weighted by Gasteiger charge is 2.19. The number of nitrogens with zero attached hydrogens (tertiary/aromatic N) is 1. The van der Waals surface area contributed by atoms with Gasteiger partial charge in [-0.1, -0.05) is 6.92 Å². The first-order valence-corrected chi connectivity index (χ1v) is 5.22. The Morgan fingerprint density at radius 3 is 2.92 bits per heavy atom. The lowest BCUT2D eigenvalue weighted by molar-refractivity contribution is 0.159. The van der Waals surface area contributed by atoms with E-state index < -0.39 is 0 Å². The minimum absolute atomic E-state index is 0.750. The van der Waals surface area contributed by atoms with Gasteiger partial charge in [-0.05, 0) is 33.2 Å². The maximum absolute atomic E-state index is 3.44. The van der Waals surface area contributed by atoms with E-state index in [0.717, 1.165) is 18.6 Å². The molecule has 1 fully saturated rings. The number of nitrogens with one attached hydrogen (secondary N) is 1. The summed E-state index contributed by atoms with van der Waals surface area (Å²) < 4.78 is 0. The van der Waals surface area contributed by atoms with Crippen molar-refractivity contribution in [2.45, 2.75) is 45.7 Å². The summed E-state index contributed by atoms with van der Waals surface area (Å²) in [6, 6.07) is 1.51. The van der Waals surface area contributed by atoms with Crippen LogP contribution in [0, 0.1) is 0 Å². The van der Waals surface area contributed by atoms with E-state index in [9.17, 15) is 0 Å². The minimum atomic E-state index is 0.750. The normalized spacial score (nSPS) is 29.8. The molecule has 0 saturated carbocycles. The van der Waals surface area contributed by atoms with Crippen LogP contribution in [0.4, 0.5) is 0 Å². The second-order valence-electron chi connectivity index (χ2n) is 3.88. The molecule has 1 saturated heterocycles. The first kappa shape index (κ1) is 10.0. The van der Waals surface area contributed by atoms with Gasteiger partial charge in [-0.3, -0.25) is 4.90 Å². The summed E-state index contributed by atoms with van der Waals surface area (Å²) in [6.07, 6.45) is 2.56. The Morgan fingerprint density at radius 2 is 2.25 bits per heavy atom. The van der Waals surface area contributed by atoms with Crippen molar-refractivity contribution >= 4 is 0 Å². The topological polar surface area (TPSA) is 15.3 Å². The zero-order valence-electron chi connectivity index (χ0n) is 8.64. The third-order valence-electron chi connectivity index (χ3n) is 3.01. The summed E-state index contributed by atoms with van der Waals surface area (Å²) in [5.74, 6) is 0. The molecule has 2 nitrogen and oxygen atoms in total. The lowest BCUT2D eigenvalue weighted by Gasteiger charge is -2.32. The van der Waals surface area contributed by atoms with Crippen LogP contribution < -0.4 is 5.32 Å². The Morgan fingerprint density at radius 1 is 1.50 bits per heavy atom. The van der Waals surface area contributed by atoms with Gasteiger partial charge in [0, 0.05) is 25.2 Å². The van der Waals surface area contributed by atoms with Gasteiger partial charge >= 0.3 is 0 Å². The summed E-state index contributed by atoms with van der Waals surface area (Å²) in [7, 11) is 0. The highest BCUT2D eigenvalue weighted by Crippen LogP contribution is 2.12. The molecule has 0 aromatic carbocycles. The molecule has 0 aliphatic carbocycles. The summed E-state index contributed by atoms with van der Waals surface area (Å²) in [6.45, 7) is 10.5. The van der Waals surface area contributed by atoms with Crippen molar-refractivity contribution in [3.63, 3.8) is 0 Å². The van der Waals surface area contributed by atoms with E-state index in [1.165, 1.54) is 25.9 Å². The number of hydrogen-bond donors (Lipinski definition) is 1. The average molecular weight is 170 g/mol. The van der Waals surface area contributed by atoms with Gasteiger partial charge in [0.1, 0.15) is 0 Å². The highest BCUT2D eigenvalue weighted by atomic mass is 15.2. The molecule has 0 aromatic rings. The number of rotatable bonds is 2. The van der Waals surface area contributed by atoms with E-state index in [2.05, 4.69) is 31.0 Å². The van der Waals surface area contributed by atoms with Crippen molar-refractivity contribution in [2.75, 3.05) is 19.6 Å². The molecule has 2 heteroatoms. The van der Waals surface area contributed by atoms with Gasteiger partial charge in [-0.25, -0.2) is 0 Å². The van der Waals surface area contributed by atoms with Crippen LogP contribution in [0.25, 0.3) is 0 Å². The molecule has 1 aliphatic rings. The summed E-state index contributed by atoms with van der Waals surface area (Å²) in [5, 5.41) is 3.44. The Labute approximate surface area is 76.3 Å². The summed E-state index contributed by atoms with van der Waals surface area (Å²) in [4.78, 5) is 2.62. The Kier molecular flexibility index (Phi) is 4.02. The molecule has 1 aliphatic heterocycles. The summed E-state index contributed by atoms with van der Waals surface area (Å²) >= 11 is 0. The minimum Gasteiger partial charge on any atom is -0.315 e. The van der Waals surface area contributed by atoms with E-state index in [0.29, 0.717) is 0 Å². The molecule has 2 unspecified atom stereocenters. The van der Waals surface area contributed by atoms with Crippen molar-refractivity contribution in [3.05, 3.63) is 0 Å². The van der Waals surface area contributed by atoms with Gasteiger partial charge in [-0.2, -0.15) is 0 Å². The standard InChI is InChI=1S/C10H22N2/c1-4-9(2)12-8-7-11-6-5-10(12)3/h9-11H,4-8H2,1-3H3. The molecule has 1 N–H and O–H groups in total. The average Bonchev–Trinajstić information content (AvgIpc) is 2.28. The van der Waals surface area contributed by atoms with Crippen LogP contribution >= 0.6 is 0 Å². The maximum atomic E-state index is 3.44. The van der Waals surface area contributed by atoms with Crippen LogP contribution in [0.3, 0.4) is 0 Å². The van der Waals surface area contributed by atoms with Gasteiger partial charge in [-0.15, -0.1) is 0 Å². The fourth-order valence-electron chi connectivity index (χ4n) is 1.92. The second-order valence-corrected chi connectivity index (χ2v) is 3.88. The molecule has 0 bridgehead atoms. The molecule has 0 aromatic heterocycles. The largest absolute Gasteiger partial charge is 0.315 e. The van der Waals surface area contributed by atoms with Gasteiger partial charge < -0.3 is 5.32 Å². The van der Waals surface area contributed by atoms with E-state index in [1.807, 2.05) is 0 Å². The monoisotopic (exact) mass is 170 g/mol. The first-order valence-electron chi connectivity index (χ1n) is 5.22. The van der Waals surface area contributed by atoms with Crippen molar-refractivity contribution in [3.8, 4) is 0 Å². The third kappa shape index (κ3) is 2.46. The SMILES string of the molecule is CCC(C)N1CCNCCC1C. The molecular formula is C10H22N2. The second kappa shape index (κ2) is 4.83. The van der Waals surface area contributed by atoms with Crippen LogP contribution in [-0.4, -0.2) is 36.6 Å². The molecule has 72 valence electrons. The van der Waals surface area contributed by atoms with Crippen LogP contribution in [0.15, 0.2) is 0 Å². The molecule has 0 radical (unpaired) electrons. The van der Waals surface area contributed by atoms with Gasteiger partial charge in [0.05, 0.1) is 0 Å². The predicted octanol–water partition coefficient (Wildman–Crippen LogP) is 1.47. The quantitative estimate of drug-likeness (QED) is 0.675. The molecule has 2 atom stereocenters. The van der Waals surface area contributed by atoms with Crippen molar-refractivity contribution < 1.29 is 0 Å². The molecule has 1 heterocycles. The van der Waals surface area contributed by atoms with Gasteiger partial charge in [0.25, 0.3) is 0 Å². The van der Waals surface area contributed by atoms with E-state index in [4.69, 9.17) is 0 Å². The van der Waals surface area contributed by atoms with Gasteiger partial charge in [0.2, 0.25) is 0 Å². The van der Waals surface area contributed by atoms with E-state index in [-0.39, 0.29) is 0 Å². The molecule has 0 spiro atoms. The molecule has 12 heavy (non-hydrogen) atoms. The van der Waals surface area contributed by atoms with Gasteiger partial charge in [0.15, 0.2) is 0 Å². The molecule has 0 amide bonds. The smallest absolute Gasteiger partial charge is 0.0112 e. The van der Waals surface area contributed by atoms with Crippen molar-refractivity contribution in [2.24, 2.45) is 0 Å². The van der Waals surface area contributed by atoms with Crippen LogP contribution in [-0.2, 0) is 0 Å². The fraction of sp³-hybridized carbons (Fsp3) is 1.00. The zero-order valence-corrected chi connectivity index (χ0v) is 8.64. The van der Waals surface area contributed by atoms with Crippen LogP contribution in [0.5, 0.6) is 0 Å². The lowest BCUT2D eigenvalue weighted by atomic mass is 10.1. The lowest BCUT2D eigenvalue weighted by Crippen LogP contribution is -2.40. The Bertz CT molecular complexity index is 125. The van der Waals surface area contributed by atoms with Crippen LogP contribution in [0.1, 0.15) is 33.6 Å². The van der Waals surface area contributed by atoms with Crippen molar-refractivity contribution in [1.82, 2.24) is 10.2 Å². The molecule has 1 rings (SSSR count).